The first-order valence-electron chi connectivity index (χ1n) is 13.3. The predicted octanol–water partition coefficient (Wildman–Crippen LogP) is 10.2. The Balaban J connectivity index is 1.55. The van der Waals surface area contributed by atoms with Crippen LogP contribution in [0.2, 0.25) is 0 Å². The summed E-state index contributed by atoms with van der Waals surface area (Å²) in [5.74, 6) is 0. The summed E-state index contributed by atoms with van der Waals surface area (Å²) >= 11 is 1.88. The third kappa shape index (κ3) is 2.85. The van der Waals surface area contributed by atoms with Gasteiger partial charge in [-0.15, -0.1) is 11.3 Å². The SMILES string of the molecule is c1ccc(-n2c3ccccc3c3cc4c5ccc6sc7ccccc7c6c5n(-c5ccccc5)c4cc32)cc1. The van der Waals surface area contributed by atoms with Crippen molar-refractivity contribution in [1.29, 1.82) is 0 Å². The molecule has 182 valence electrons. The Kier molecular flexibility index (Phi) is 4.24. The first-order valence-corrected chi connectivity index (χ1v) is 14.1. The van der Waals surface area contributed by atoms with Crippen molar-refractivity contribution >= 4 is 75.1 Å². The van der Waals surface area contributed by atoms with Crippen molar-refractivity contribution in [2.24, 2.45) is 0 Å². The summed E-state index contributed by atoms with van der Waals surface area (Å²) in [6.07, 6.45) is 0. The zero-order chi connectivity index (χ0) is 25.5. The van der Waals surface area contributed by atoms with Gasteiger partial charge in [0.1, 0.15) is 0 Å². The number of hydrogen-bond donors (Lipinski definition) is 0. The molecule has 0 aliphatic rings. The van der Waals surface area contributed by atoms with Gasteiger partial charge < -0.3 is 9.13 Å². The molecule has 0 N–H and O–H groups in total. The van der Waals surface area contributed by atoms with Gasteiger partial charge in [-0.2, -0.15) is 0 Å². The van der Waals surface area contributed by atoms with E-state index in [2.05, 4.69) is 143 Å². The van der Waals surface area contributed by atoms with E-state index in [1.165, 1.54) is 75.2 Å². The van der Waals surface area contributed by atoms with Crippen molar-refractivity contribution in [3.05, 3.63) is 133 Å². The molecular formula is C36H22N2S. The van der Waals surface area contributed by atoms with Crippen LogP contribution in [0.5, 0.6) is 0 Å². The van der Waals surface area contributed by atoms with E-state index < -0.39 is 0 Å². The maximum absolute atomic E-state index is 2.48. The Morgan fingerprint density at radius 1 is 0.385 bits per heavy atom. The molecule has 3 aromatic heterocycles. The average molecular weight is 515 g/mol. The molecule has 3 heterocycles. The highest BCUT2D eigenvalue weighted by Crippen LogP contribution is 2.45. The highest BCUT2D eigenvalue weighted by molar-refractivity contribution is 7.26. The van der Waals surface area contributed by atoms with Gasteiger partial charge in [-0.25, -0.2) is 0 Å². The molecule has 39 heavy (non-hydrogen) atoms. The standard InChI is InChI=1S/C36H22N2S/c1-3-11-23(12-4-1)37-30-17-9-7-15-25(30)28-21-29-26-19-20-34-35(27-16-8-10-18-33(27)39-34)36(26)38(32(29)22-31(28)37)24-13-5-2-6-14-24/h1-22H. The molecule has 9 aromatic rings. The van der Waals surface area contributed by atoms with Crippen molar-refractivity contribution in [3.63, 3.8) is 0 Å². The van der Waals surface area contributed by atoms with Crippen LogP contribution in [-0.4, -0.2) is 9.13 Å². The summed E-state index contributed by atoms with van der Waals surface area (Å²) < 4.78 is 7.55. The summed E-state index contributed by atoms with van der Waals surface area (Å²) in [5.41, 5.74) is 7.33. The van der Waals surface area contributed by atoms with Gasteiger partial charge in [-0.1, -0.05) is 78.9 Å². The van der Waals surface area contributed by atoms with Crippen LogP contribution in [0.15, 0.2) is 133 Å². The largest absolute Gasteiger partial charge is 0.309 e. The second-order valence-electron chi connectivity index (χ2n) is 10.2. The number of hydrogen-bond acceptors (Lipinski definition) is 1. The minimum atomic E-state index is 1.18. The van der Waals surface area contributed by atoms with Crippen LogP contribution in [-0.2, 0) is 0 Å². The molecule has 0 spiro atoms. The first kappa shape index (κ1) is 21.1. The second kappa shape index (κ2) is 7.83. The fourth-order valence-corrected chi connectivity index (χ4v) is 7.58. The van der Waals surface area contributed by atoms with Crippen molar-refractivity contribution in [2.75, 3.05) is 0 Å². The third-order valence-corrected chi connectivity index (χ3v) is 9.23. The number of para-hydroxylation sites is 3. The molecule has 0 radical (unpaired) electrons. The second-order valence-corrected chi connectivity index (χ2v) is 11.3. The number of rotatable bonds is 2. The Bertz CT molecular complexity index is 2370. The van der Waals surface area contributed by atoms with Crippen molar-refractivity contribution in [1.82, 2.24) is 9.13 Å². The van der Waals surface area contributed by atoms with E-state index in [1.807, 2.05) is 11.3 Å². The molecule has 9 rings (SSSR count). The third-order valence-electron chi connectivity index (χ3n) is 8.09. The predicted molar refractivity (Wildman–Crippen MR) is 168 cm³/mol. The van der Waals surface area contributed by atoms with Gasteiger partial charge in [0.2, 0.25) is 0 Å². The van der Waals surface area contributed by atoms with E-state index in [0.29, 0.717) is 0 Å². The molecule has 0 saturated heterocycles. The summed E-state index contributed by atoms with van der Waals surface area (Å²) in [6, 6.07) is 48.6. The molecule has 0 aliphatic carbocycles. The van der Waals surface area contributed by atoms with E-state index in [0.717, 1.165) is 0 Å². The van der Waals surface area contributed by atoms with Gasteiger partial charge in [0.25, 0.3) is 0 Å². The smallest absolute Gasteiger partial charge is 0.0634 e. The minimum Gasteiger partial charge on any atom is -0.309 e. The number of nitrogens with zero attached hydrogens (tertiary/aromatic N) is 2. The average Bonchev–Trinajstić information content (AvgIpc) is 3.64. The molecule has 0 unspecified atom stereocenters. The molecule has 0 aliphatic heterocycles. The normalized spacial score (nSPS) is 12.1. The molecule has 0 atom stereocenters. The lowest BCUT2D eigenvalue weighted by Crippen LogP contribution is -1.95. The number of aromatic nitrogens is 2. The van der Waals surface area contributed by atoms with E-state index in [1.54, 1.807) is 0 Å². The fraction of sp³-hybridized carbons (Fsp3) is 0. The van der Waals surface area contributed by atoms with Crippen LogP contribution in [0.4, 0.5) is 0 Å². The van der Waals surface area contributed by atoms with E-state index in [9.17, 15) is 0 Å². The quantitative estimate of drug-likeness (QED) is 0.217. The van der Waals surface area contributed by atoms with E-state index in [4.69, 9.17) is 0 Å². The highest BCUT2D eigenvalue weighted by Gasteiger charge is 2.21. The van der Waals surface area contributed by atoms with Gasteiger partial charge in [0.05, 0.1) is 22.1 Å². The summed E-state index contributed by atoms with van der Waals surface area (Å²) in [6.45, 7) is 0. The van der Waals surface area contributed by atoms with Gasteiger partial charge in [0, 0.05) is 53.1 Å². The zero-order valence-corrected chi connectivity index (χ0v) is 21.8. The van der Waals surface area contributed by atoms with Gasteiger partial charge in [0.15, 0.2) is 0 Å². The van der Waals surface area contributed by atoms with Crippen LogP contribution >= 0.6 is 11.3 Å². The number of fused-ring (bicyclic) bond motifs is 10. The van der Waals surface area contributed by atoms with E-state index >= 15 is 0 Å². The molecule has 6 aromatic carbocycles. The Morgan fingerprint density at radius 2 is 1.00 bits per heavy atom. The summed E-state index contributed by atoms with van der Waals surface area (Å²) in [4.78, 5) is 0. The Hall–Kier alpha value is -4.86. The summed E-state index contributed by atoms with van der Waals surface area (Å²) in [5, 5.41) is 7.81. The fourth-order valence-electron chi connectivity index (χ4n) is 6.47. The Labute approximate surface area is 228 Å². The lowest BCUT2D eigenvalue weighted by atomic mass is 10.1. The summed E-state index contributed by atoms with van der Waals surface area (Å²) in [7, 11) is 0. The number of thiophene rings is 1. The molecule has 0 amide bonds. The molecule has 2 nitrogen and oxygen atoms in total. The maximum Gasteiger partial charge on any atom is 0.0634 e. The molecule has 0 bridgehead atoms. The minimum absolute atomic E-state index is 1.18. The van der Waals surface area contributed by atoms with Gasteiger partial charge in [-0.3, -0.25) is 0 Å². The van der Waals surface area contributed by atoms with Crippen LogP contribution in [0.1, 0.15) is 0 Å². The van der Waals surface area contributed by atoms with Gasteiger partial charge >= 0.3 is 0 Å². The highest BCUT2D eigenvalue weighted by atomic mass is 32.1. The molecule has 0 fully saturated rings. The maximum atomic E-state index is 2.48. The molecule has 0 saturated carbocycles. The van der Waals surface area contributed by atoms with Crippen molar-refractivity contribution < 1.29 is 0 Å². The van der Waals surface area contributed by atoms with Crippen LogP contribution < -0.4 is 0 Å². The van der Waals surface area contributed by atoms with Crippen molar-refractivity contribution in [3.8, 4) is 11.4 Å². The van der Waals surface area contributed by atoms with E-state index in [-0.39, 0.29) is 0 Å². The number of benzene rings is 6. The Morgan fingerprint density at radius 3 is 1.79 bits per heavy atom. The monoisotopic (exact) mass is 514 g/mol. The van der Waals surface area contributed by atoms with Crippen LogP contribution in [0.3, 0.4) is 0 Å². The lowest BCUT2D eigenvalue weighted by molar-refractivity contribution is 1.17. The molecule has 3 heteroatoms. The zero-order valence-electron chi connectivity index (χ0n) is 21.0. The lowest BCUT2D eigenvalue weighted by Gasteiger charge is -2.10. The molecular weight excluding hydrogens is 492 g/mol. The first-order chi connectivity index (χ1) is 19.4. The van der Waals surface area contributed by atoms with Gasteiger partial charge in [-0.05, 0) is 54.6 Å². The van der Waals surface area contributed by atoms with Crippen LogP contribution in [0, 0.1) is 0 Å². The van der Waals surface area contributed by atoms with Crippen LogP contribution in [0.25, 0.3) is 75.2 Å². The topological polar surface area (TPSA) is 9.86 Å². The van der Waals surface area contributed by atoms with Crippen molar-refractivity contribution in [2.45, 2.75) is 0 Å².